The summed E-state index contributed by atoms with van der Waals surface area (Å²) >= 11 is 0. The fourth-order valence-electron chi connectivity index (χ4n) is 3.52. The van der Waals surface area contributed by atoms with Crippen LogP contribution in [0.3, 0.4) is 0 Å². The molecular weight excluding hydrogens is 424 g/mol. The van der Waals surface area contributed by atoms with Crippen molar-refractivity contribution >= 4 is 20.9 Å². The van der Waals surface area contributed by atoms with Crippen LogP contribution in [0.15, 0.2) is 77.7 Å². The number of fused-ring (bicyclic) bond motifs is 1. The van der Waals surface area contributed by atoms with Gasteiger partial charge in [0.2, 0.25) is 5.88 Å². The molecule has 6 nitrogen and oxygen atoms in total. The van der Waals surface area contributed by atoms with Crippen LogP contribution < -0.4 is 9.47 Å². The molecule has 3 aromatic carbocycles. The normalized spacial score (nSPS) is 11.6. The Balaban J connectivity index is 1.57. The Morgan fingerprint density at radius 3 is 2.41 bits per heavy atom. The van der Waals surface area contributed by atoms with Gasteiger partial charge in [0.05, 0.1) is 29.5 Å². The maximum Gasteiger partial charge on any atom is 0.283 e. The van der Waals surface area contributed by atoms with E-state index >= 15 is 0 Å². The molecule has 1 aromatic heterocycles. The maximum absolute atomic E-state index is 13.3. The van der Waals surface area contributed by atoms with Crippen LogP contribution in [-0.2, 0) is 16.4 Å². The molecule has 0 fully saturated rings. The van der Waals surface area contributed by atoms with Gasteiger partial charge in [-0.15, -0.1) is 9.19 Å². The van der Waals surface area contributed by atoms with E-state index in [4.69, 9.17) is 9.47 Å². The molecule has 32 heavy (non-hydrogen) atoms. The molecule has 4 aromatic rings. The highest BCUT2D eigenvalue weighted by Gasteiger charge is 2.24. The van der Waals surface area contributed by atoms with Crippen LogP contribution in [0.4, 0.5) is 0 Å². The Morgan fingerprint density at radius 2 is 1.69 bits per heavy atom. The van der Waals surface area contributed by atoms with Gasteiger partial charge < -0.3 is 9.47 Å². The Hall–Kier alpha value is -3.32. The summed E-state index contributed by atoms with van der Waals surface area (Å²) in [5.74, 6) is 0.896. The number of hydrogen-bond acceptors (Lipinski definition) is 5. The number of aromatic nitrogens is 2. The Kier molecular flexibility index (Phi) is 6.46. The van der Waals surface area contributed by atoms with Crippen LogP contribution >= 0.6 is 0 Å². The van der Waals surface area contributed by atoms with Crippen molar-refractivity contribution in [2.75, 3.05) is 13.7 Å². The van der Waals surface area contributed by atoms with Gasteiger partial charge >= 0.3 is 0 Å². The third-order valence-electron chi connectivity index (χ3n) is 5.31. The molecule has 0 atom stereocenters. The molecule has 0 bridgehead atoms. The van der Waals surface area contributed by atoms with Crippen molar-refractivity contribution in [1.82, 2.24) is 9.19 Å². The summed E-state index contributed by atoms with van der Waals surface area (Å²) in [6, 6.07) is 22.2. The van der Waals surface area contributed by atoms with Crippen LogP contribution in [0.2, 0.25) is 0 Å². The van der Waals surface area contributed by atoms with E-state index in [-0.39, 0.29) is 10.8 Å². The van der Waals surface area contributed by atoms with Crippen LogP contribution in [0.5, 0.6) is 11.6 Å². The summed E-state index contributed by atoms with van der Waals surface area (Å²) in [6.07, 6.45) is 2.76. The number of aryl methyl sites for hydroxylation is 2. The molecule has 0 saturated carbocycles. The number of hydrogen-bond donors (Lipinski definition) is 0. The molecule has 166 valence electrons. The van der Waals surface area contributed by atoms with E-state index in [0.29, 0.717) is 23.3 Å². The summed E-state index contributed by atoms with van der Waals surface area (Å²) in [5, 5.41) is 4.94. The highest BCUT2D eigenvalue weighted by Crippen LogP contribution is 2.31. The smallest absolute Gasteiger partial charge is 0.283 e. The van der Waals surface area contributed by atoms with E-state index in [1.165, 1.54) is 5.56 Å². The molecule has 0 aliphatic carbocycles. The first-order chi connectivity index (χ1) is 15.5. The largest absolute Gasteiger partial charge is 0.497 e. The predicted molar refractivity (Wildman–Crippen MR) is 125 cm³/mol. The average Bonchev–Trinajstić information content (AvgIpc) is 3.18. The molecule has 0 spiro atoms. The monoisotopic (exact) mass is 450 g/mol. The molecular formula is C25H26N2O4S. The van der Waals surface area contributed by atoms with Crippen LogP contribution in [0.25, 0.3) is 10.9 Å². The number of benzene rings is 3. The minimum Gasteiger partial charge on any atom is -0.497 e. The fourth-order valence-corrected chi connectivity index (χ4v) is 4.79. The van der Waals surface area contributed by atoms with Crippen LogP contribution in [0.1, 0.15) is 24.0 Å². The number of nitrogens with zero attached hydrogens (tertiary/aromatic N) is 2. The molecule has 0 saturated heterocycles. The molecule has 0 aliphatic heterocycles. The van der Waals surface area contributed by atoms with Gasteiger partial charge in [0, 0.05) is 0 Å². The molecule has 0 amide bonds. The van der Waals surface area contributed by atoms with E-state index in [2.05, 4.69) is 17.2 Å². The van der Waals surface area contributed by atoms with Crippen molar-refractivity contribution in [2.24, 2.45) is 0 Å². The first-order valence-corrected chi connectivity index (χ1v) is 12.0. The average molecular weight is 451 g/mol. The summed E-state index contributed by atoms with van der Waals surface area (Å²) in [7, 11) is -2.30. The number of methoxy groups -OCH3 is 1. The van der Waals surface area contributed by atoms with Gasteiger partial charge in [-0.25, -0.2) is 0 Å². The van der Waals surface area contributed by atoms with Crippen molar-refractivity contribution < 1.29 is 17.9 Å². The van der Waals surface area contributed by atoms with Gasteiger partial charge in [0.25, 0.3) is 10.0 Å². The SMILES string of the molecule is COc1ccc2c(c1)c(OCCCCc1ccccc1)nn2S(=O)(=O)c1ccc(C)cc1. The molecule has 0 unspecified atom stereocenters. The molecule has 0 radical (unpaired) electrons. The minimum absolute atomic E-state index is 0.178. The topological polar surface area (TPSA) is 70.4 Å². The number of unbranched alkanes of at least 4 members (excludes halogenated alkanes) is 1. The first-order valence-electron chi connectivity index (χ1n) is 10.5. The Bertz CT molecular complexity index is 1300. The zero-order chi connectivity index (χ0) is 22.6. The lowest BCUT2D eigenvalue weighted by Gasteiger charge is -2.06. The maximum atomic E-state index is 13.3. The second-order valence-electron chi connectivity index (χ2n) is 7.64. The highest BCUT2D eigenvalue weighted by molar-refractivity contribution is 7.90. The van der Waals surface area contributed by atoms with E-state index in [9.17, 15) is 8.42 Å². The van der Waals surface area contributed by atoms with E-state index < -0.39 is 10.0 Å². The highest BCUT2D eigenvalue weighted by atomic mass is 32.2. The van der Waals surface area contributed by atoms with Gasteiger partial charge in [-0.05, 0) is 62.1 Å². The van der Waals surface area contributed by atoms with Gasteiger partial charge in [0.15, 0.2) is 0 Å². The third-order valence-corrected chi connectivity index (χ3v) is 6.91. The van der Waals surface area contributed by atoms with Crippen molar-refractivity contribution in [3.05, 3.63) is 83.9 Å². The molecule has 0 N–H and O–H groups in total. The summed E-state index contributed by atoms with van der Waals surface area (Å²) in [5.41, 5.74) is 2.72. The predicted octanol–water partition coefficient (Wildman–Crippen LogP) is 4.99. The quantitative estimate of drug-likeness (QED) is 0.336. The van der Waals surface area contributed by atoms with Crippen LogP contribution in [0, 0.1) is 6.92 Å². The molecule has 1 heterocycles. The number of ether oxygens (including phenoxy) is 2. The van der Waals surface area contributed by atoms with Gasteiger partial charge in [-0.3, -0.25) is 0 Å². The Morgan fingerprint density at radius 1 is 0.938 bits per heavy atom. The van der Waals surface area contributed by atoms with Crippen molar-refractivity contribution in [3.63, 3.8) is 0 Å². The summed E-state index contributed by atoms with van der Waals surface area (Å²) < 4.78 is 38.9. The molecule has 4 rings (SSSR count). The van der Waals surface area contributed by atoms with E-state index in [1.807, 2.05) is 25.1 Å². The lowest BCUT2D eigenvalue weighted by atomic mass is 10.1. The molecule has 7 heteroatoms. The molecule has 0 aliphatic rings. The summed E-state index contributed by atoms with van der Waals surface area (Å²) in [4.78, 5) is 0.178. The van der Waals surface area contributed by atoms with Crippen molar-refractivity contribution in [2.45, 2.75) is 31.1 Å². The van der Waals surface area contributed by atoms with Crippen molar-refractivity contribution in [3.8, 4) is 11.6 Å². The van der Waals surface area contributed by atoms with E-state index in [0.717, 1.165) is 28.9 Å². The zero-order valence-corrected chi connectivity index (χ0v) is 19.0. The van der Waals surface area contributed by atoms with Crippen LogP contribution in [-0.4, -0.2) is 31.3 Å². The van der Waals surface area contributed by atoms with Gasteiger partial charge in [0.1, 0.15) is 5.75 Å². The fraction of sp³-hybridized carbons (Fsp3) is 0.240. The van der Waals surface area contributed by atoms with Gasteiger partial charge in [-0.2, -0.15) is 8.42 Å². The first kappa shape index (κ1) is 21.9. The second kappa shape index (κ2) is 9.44. The lowest BCUT2D eigenvalue weighted by Crippen LogP contribution is -2.14. The Labute approximate surface area is 188 Å². The second-order valence-corrected chi connectivity index (χ2v) is 9.41. The van der Waals surface area contributed by atoms with Gasteiger partial charge in [-0.1, -0.05) is 48.0 Å². The zero-order valence-electron chi connectivity index (χ0n) is 18.2. The minimum atomic E-state index is -3.87. The lowest BCUT2D eigenvalue weighted by molar-refractivity contribution is 0.297. The van der Waals surface area contributed by atoms with E-state index in [1.54, 1.807) is 49.6 Å². The number of rotatable bonds is 9. The standard InChI is InChI=1S/C25H26N2O4S/c1-19-11-14-22(15-12-19)32(28,29)27-24-16-13-21(30-2)18-23(24)25(26-27)31-17-7-6-10-20-8-4-3-5-9-20/h3-5,8-9,11-16,18H,6-7,10,17H2,1-2H3. The third kappa shape index (κ3) is 4.62. The van der Waals surface area contributed by atoms with Crippen molar-refractivity contribution in [1.29, 1.82) is 0 Å². The summed E-state index contributed by atoms with van der Waals surface area (Å²) in [6.45, 7) is 2.36.